The average Bonchev–Trinajstić information content (AvgIpc) is 2.96. The number of hydrogen-bond donors (Lipinski definition) is 5. The Bertz CT molecular complexity index is 1470. The number of fused-ring (bicyclic) bond motifs is 2. The summed E-state index contributed by atoms with van der Waals surface area (Å²) in [4.78, 5) is 28.1. The van der Waals surface area contributed by atoms with Crippen molar-refractivity contribution in [2.75, 3.05) is 25.0 Å². The van der Waals surface area contributed by atoms with Gasteiger partial charge in [0.1, 0.15) is 0 Å². The Labute approximate surface area is 229 Å². The van der Waals surface area contributed by atoms with E-state index in [0.29, 0.717) is 31.5 Å². The summed E-state index contributed by atoms with van der Waals surface area (Å²) in [6.45, 7) is 2.80. The highest BCUT2D eigenvalue weighted by molar-refractivity contribution is 5.99. The van der Waals surface area contributed by atoms with Gasteiger partial charge in [0, 0.05) is 37.4 Å². The first-order valence-corrected chi connectivity index (χ1v) is 13.2. The van der Waals surface area contributed by atoms with E-state index >= 15 is 0 Å². The van der Waals surface area contributed by atoms with E-state index in [9.17, 15) is 9.59 Å². The lowest BCUT2D eigenvalue weighted by Gasteiger charge is -2.28. The van der Waals surface area contributed by atoms with E-state index in [1.54, 1.807) is 11.9 Å². The fraction of sp³-hybridized carbons (Fsp3) is 0.258. The maximum absolute atomic E-state index is 13.6. The van der Waals surface area contributed by atoms with Gasteiger partial charge in [-0.05, 0) is 65.6 Å². The van der Waals surface area contributed by atoms with Gasteiger partial charge in [0.2, 0.25) is 5.91 Å². The van der Waals surface area contributed by atoms with Gasteiger partial charge in [-0.1, -0.05) is 60.7 Å². The van der Waals surface area contributed by atoms with Gasteiger partial charge in [-0.2, -0.15) is 0 Å². The minimum Gasteiger partial charge on any atom is -0.370 e. The molecule has 8 nitrogen and oxygen atoms in total. The molecule has 0 aromatic heterocycles. The van der Waals surface area contributed by atoms with Crippen molar-refractivity contribution in [2.24, 2.45) is 5.73 Å². The van der Waals surface area contributed by atoms with E-state index in [1.807, 2.05) is 91.9 Å². The molecule has 1 unspecified atom stereocenters. The Balaban J connectivity index is 1.41. The molecule has 0 aliphatic rings. The number of nitrogens with one attached hydrogen (secondary N) is 4. The number of likely N-dealkylation sites (N-methyl/N-ethyl adjacent to an activating group) is 1. The van der Waals surface area contributed by atoms with E-state index in [-0.39, 0.29) is 23.8 Å². The lowest BCUT2D eigenvalue weighted by molar-refractivity contribution is -0.120. The number of hydrogen-bond acceptors (Lipinski definition) is 4. The van der Waals surface area contributed by atoms with E-state index in [0.717, 1.165) is 27.2 Å². The summed E-state index contributed by atoms with van der Waals surface area (Å²) in [7, 11) is 1.78. The number of carbonyl (C=O) groups excluding carboxylic acids is 2. The fourth-order valence-corrected chi connectivity index (χ4v) is 4.63. The summed E-state index contributed by atoms with van der Waals surface area (Å²) >= 11 is 0. The van der Waals surface area contributed by atoms with Crippen molar-refractivity contribution in [3.63, 3.8) is 0 Å². The van der Waals surface area contributed by atoms with Crippen LogP contribution in [0, 0.1) is 5.41 Å². The van der Waals surface area contributed by atoms with Crippen LogP contribution in [0.5, 0.6) is 0 Å². The average molecular weight is 525 g/mol. The normalized spacial score (nSPS) is 12.6. The second kappa shape index (κ2) is 12.9. The van der Waals surface area contributed by atoms with Gasteiger partial charge in [0.15, 0.2) is 5.96 Å². The predicted molar refractivity (Wildman–Crippen MR) is 159 cm³/mol. The highest BCUT2D eigenvalue weighted by Gasteiger charge is 2.24. The Morgan fingerprint density at radius 3 is 2.15 bits per heavy atom. The standard InChI is InChI=1S/C31H36N6O2/c1-21(20-35-29(38)26-14-13-22-8-3-5-10-24(22)18-26)36-28(12-7-17-34-31(32)33)30(39)37(2)27-16-15-23-9-4-6-11-25(23)19-27/h3-6,8-11,13-16,18-19,21,28,36H,7,12,17,20H2,1-2H3,(H,35,38)(H4,32,33,34)/t21?,28-/m0/s1. The molecule has 2 amide bonds. The van der Waals surface area contributed by atoms with Gasteiger partial charge >= 0.3 is 0 Å². The molecule has 0 heterocycles. The van der Waals surface area contributed by atoms with Gasteiger partial charge in [-0.15, -0.1) is 0 Å². The van der Waals surface area contributed by atoms with E-state index in [1.165, 1.54) is 0 Å². The third-order valence-electron chi connectivity index (χ3n) is 6.80. The topological polar surface area (TPSA) is 123 Å². The van der Waals surface area contributed by atoms with Crippen molar-refractivity contribution >= 4 is 45.0 Å². The number of anilines is 1. The minimum absolute atomic E-state index is 0.0687. The molecule has 4 aromatic rings. The molecule has 4 aromatic carbocycles. The molecule has 39 heavy (non-hydrogen) atoms. The molecule has 0 aliphatic carbocycles. The van der Waals surface area contributed by atoms with Crippen molar-refractivity contribution in [1.29, 1.82) is 5.41 Å². The lowest BCUT2D eigenvalue weighted by atomic mass is 10.1. The fourth-order valence-electron chi connectivity index (χ4n) is 4.63. The predicted octanol–water partition coefficient (Wildman–Crippen LogP) is 4.00. The molecule has 0 saturated carbocycles. The van der Waals surface area contributed by atoms with E-state index in [2.05, 4.69) is 16.0 Å². The Kier molecular flexibility index (Phi) is 9.12. The number of nitrogens with two attached hydrogens (primary N) is 1. The molecule has 8 heteroatoms. The van der Waals surface area contributed by atoms with Crippen molar-refractivity contribution in [3.05, 3.63) is 90.5 Å². The number of benzene rings is 4. The van der Waals surface area contributed by atoms with Crippen LogP contribution in [-0.4, -0.2) is 50.0 Å². The summed E-state index contributed by atoms with van der Waals surface area (Å²) in [6.07, 6.45) is 1.19. The zero-order valence-corrected chi connectivity index (χ0v) is 22.4. The molecule has 0 spiro atoms. The van der Waals surface area contributed by atoms with Crippen molar-refractivity contribution < 1.29 is 9.59 Å². The largest absolute Gasteiger partial charge is 0.370 e. The Hall–Kier alpha value is -4.43. The molecule has 0 fully saturated rings. The summed E-state index contributed by atoms with van der Waals surface area (Å²) in [5.41, 5.74) is 6.81. The highest BCUT2D eigenvalue weighted by Crippen LogP contribution is 2.22. The summed E-state index contributed by atoms with van der Waals surface area (Å²) in [5.74, 6) is -0.319. The molecule has 0 bridgehead atoms. The number of guanidine groups is 1. The van der Waals surface area contributed by atoms with Crippen molar-refractivity contribution in [2.45, 2.75) is 31.8 Å². The van der Waals surface area contributed by atoms with Crippen LogP contribution in [-0.2, 0) is 4.79 Å². The number of amides is 2. The number of rotatable bonds is 11. The second-order valence-corrected chi connectivity index (χ2v) is 9.80. The van der Waals surface area contributed by atoms with Crippen LogP contribution < -0.4 is 26.6 Å². The van der Waals surface area contributed by atoms with Gasteiger partial charge in [0.05, 0.1) is 6.04 Å². The van der Waals surface area contributed by atoms with Gasteiger partial charge in [-0.25, -0.2) is 0 Å². The molecular formula is C31H36N6O2. The van der Waals surface area contributed by atoms with Gasteiger partial charge in [0.25, 0.3) is 5.91 Å². The molecule has 202 valence electrons. The molecule has 0 radical (unpaired) electrons. The molecule has 2 atom stereocenters. The third kappa shape index (κ3) is 7.33. The lowest BCUT2D eigenvalue weighted by Crippen LogP contribution is -2.51. The van der Waals surface area contributed by atoms with Crippen LogP contribution in [0.2, 0.25) is 0 Å². The molecule has 4 rings (SSSR count). The smallest absolute Gasteiger partial charge is 0.251 e. The van der Waals surface area contributed by atoms with Crippen LogP contribution in [0.25, 0.3) is 21.5 Å². The SMILES string of the molecule is CC(CNC(=O)c1ccc2ccccc2c1)N[C@@H](CCCNC(=N)N)C(=O)N(C)c1ccc2ccccc2c1. The Morgan fingerprint density at radius 2 is 1.49 bits per heavy atom. The van der Waals surface area contributed by atoms with Crippen LogP contribution in [0.3, 0.4) is 0 Å². The zero-order chi connectivity index (χ0) is 27.8. The van der Waals surface area contributed by atoms with E-state index in [4.69, 9.17) is 11.1 Å². The quantitative estimate of drug-likeness (QED) is 0.115. The number of nitrogens with zero attached hydrogens (tertiary/aromatic N) is 1. The van der Waals surface area contributed by atoms with Crippen molar-refractivity contribution in [3.8, 4) is 0 Å². The monoisotopic (exact) mass is 524 g/mol. The molecular weight excluding hydrogens is 488 g/mol. The molecule has 0 aliphatic heterocycles. The summed E-state index contributed by atoms with van der Waals surface area (Å²) in [6, 6.07) is 26.9. The first-order chi connectivity index (χ1) is 18.8. The zero-order valence-electron chi connectivity index (χ0n) is 22.4. The maximum Gasteiger partial charge on any atom is 0.251 e. The van der Waals surface area contributed by atoms with Crippen LogP contribution in [0.15, 0.2) is 84.9 Å². The van der Waals surface area contributed by atoms with Gasteiger partial charge < -0.3 is 26.6 Å². The van der Waals surface area contributed by atoms with Crippen LogP contribution in [0.4, 0.5) is 5.69 Å². The van der Waals surface area contributed by atoms with Gasteiger partial charge in [-0.3, -0.25) is 15.0 Å². The first kappa shape index (κ1) is 27.6. The Morgan fingerprint density at radius 1 is 0.872 bits per heavy atom. The third-order valence-corrected chi connectivity index (χ3v) is 6.80. The van der Waals surface area contributed by atoms with Crippen LogP contribution >= 0.6 is 0 Å². The maximum atomic E-state index is 13.6. The number of carbonyl (C=O) groups is 2. The van der Waals surface area contributed by atoms with E-state index < -0.39 is 6.04 Å². The minimum atomic E-state index is -0.484. The highest BCUT2D eigenvalue weighted by atomic mass is 16.2. The molecule has 0 saturated heterocycles. The summed E-state index contributed by atoms with van der Waals surface area (Å²) < 4.78 is 0. The second-order valence-electron chi connectivity index (χ2n) is 9.80. The molecule has 6 N–H and O–H groups in total. The van der Waals surface area contributed by atoms with Crippen molar-refractivity contribution in [1.82, 2.24) is 16.0 Å². The summed E-state index contributed by atoms with van der Waals surface area (Å²) in [5, 5.41) is 20.8. The first-order valence-electron chi connectivity index (χ1n) is 13.2. The van der Waals surface area contributed by atoms with Crippen LogP contribution in [0.1, 0.15) is 30.1 Å².